The van der Waals surface area contributed by atoms with Crippen LogP contribution in [-0.4, -0.2) is 66.7 Å². The van der Waals surface area contributed by atoms with E-state index in [0.717, 1.165) is 66.6 Å². The fourth-order valence-electron chi connectivity index (χ4n) is 9.48. The highest BCUT2D eigenvalue weighted by molar-refractivity contribution is 7.86. The molecule has 0 saturated carbocycles. The number of benzene rings is 4. The molecule has 4 aromatic carbocycles. The molecule has 3 aliphatic rings. The van der Waals surface area contributed by atoms with E-state index in [2.05, 4.69) is 91.4 Å². The molecular weight excluding hydrogens is 818 g/mol. The Bertz CT molecular complexity index is 2810. The highest BCUT2D eigenvalue weighted by atomic mass is 35.5. The lowest BCUT2D eigenvalue weighted by Gasteiger charge is -2.28. The number of halogens is 1. The summed E-state index contributed by atoms with van der Waals surface area (Å²) in [4.78, 5) is 15.4. The predicted molar refractivity (Wildman–Crippen MR) is 242 cm³/mol. The molecular formula is C47H53ClN3O7S2+. The monoisotopic (exact) mass is 871 g/mol. The number of nitrogens with two attached hydrogens (primary N) is 1. The maximum atomic E-state index is 13.2. The van der Waals surface area contributed by atoms with E-state index in [9.17, 15) is 30.7 Å². The van der Waals surface area contributed by atoms with Crippen molar-refractivity contribution < 1.29 is 36.7 Å². The first-order chi connectivity index (χ1) is 28.8. The molecule has 2 heterocycles. The Morgan fingerprint density at radius 3 is 2.08 bits per heavy atom. The van der Waals surface area contributed by atoms with Crippen LogP contribution < -0.4 is 10.6 Å². The Kier molecular flexibility index (Phi) is 11.7. The number of hydrogen-bond donors (Lipinski definition) is 3. The summed E-state index contributed by atoms with van der Waals surface area (Å²) in [6, 6.07) is 24.8. The Morgan fingerprint density at radius 2 is 1.43 bits per heavy atom. The summed E-state index contributed by atoms with van der Waals surface area (Å²) in [6.45, 7) is 9.69. The van der Waals surface area contributed by atoms with Crippen LogP contribution in [0.1, 0.15) is 77.3 Å². The lowest BCUT2D eigenvalue weighted by atomic mass is 9.78. The van der Waals surface area contributed by atoms with Gasteiger partial charge >= 0.3 is 0 Å². The van der Waals surface area contributed by atoms with Gasteiger partial charge in [0.2, 0.25) is 11.6 Å². The first kappa shape index (κ1) is 42.1. The molecule has 1 atom stereocenters. The van der Waals surface area contributed by atoms with Gasteiger partial charge in [-0.1, -0.05) is 92.2 Å². The maximum Gasteiger partial charge on any atom is 0.264 e. The quantitative estimate of drug-likeness (QED) is 0.0643. The zero-order valence-electron chi connectivity index (χ0n) is 35.4. The second-order valence-electron chi connectivity index (χ2n) is 17.2. The standard InChI is InChI=1S/C47H52ClN3O7S2/c1-46(2)40(50(25-9-11-27-59(53,54)55)38-21-17-31-13-5-7-15-36(31)42(38)46)23-19-33-29-35(45(49)52)30-34(44(33)48)20-24-41-47(3,4)43-37-16-8-6-14-32(37)18-22-39(43)51(41)26-10-12-28-60(56,57)58/h5-8,13-24,35H,9-12,25-30H2,1-4H3,(H3-,49,52,53,54,55,56,57,58)/p+1/i/hD. The summed E-state index contributed by atoms with van der Waals surface area (Å²) in [7, 11) is -8.19. The van der Waals surface area contributed by atoms with Crippen molar-refractivity contribution in [1.29, 1.82) is 0 Å². The third-order valence-electron chi connectivity index (χ3n) is 12.3. The van der Waals surface area contributed by atoms with Crippen molar-refractivity contribution in [3.05, 3.63) is 130 Å². The molecule has 0 aromatic heterocycles. The summed E-state index contributed by atoms with van der Waals surface area (Å²) < 4.78 is 75.0. The molecule has 0 radical (unpaired) electrons. The Balaban J connectivity index is 1.30. The van der Waals surface area contributed by atoms with E-state index in [-0.39, 0.29) is 11.5 Å². The molecule has 0 fully saturated rings. The molecule has 10 nitrogen and oxygen atoms in total. The summed E-state index contributed by atoms with van der Waals surface area (Å²) in [5.74, 6) is -1.61. The summed E-state index contributed by atoms with van der Waals surface area (Å²) in [6.07, 6.45) is 10.3. The molecule has 0 spiro atoms. The molecule has 4 N–H and O–H groups in total. The van der Waals surface area contributed by atoms with E-state index in [1.54, 1.807) is 0 Å². The van der Waals surface area contributed by atoms with Crippen molar-refractivity contribution in [2.24, 2.45) is 11.6 Å². The number of fused-ring (bicyclic) bond motifs is 6. The SMILES string of the molecule is [2H]NC(=O)C1CC(/C=C/C2=[N+](CCCCS(=O)(=O)O)c3ccc4ccccc4c3C2(C)C)=C(Cl)C(=C/C=C2/N(CCCCS(=O)(=O)O)c3ccc4ccccc4c3C2(C)C)/C1. The third-order valence-corrected chi connectivity index (χ3v) is 14.4. The predicted octanol–water partition coefficient (Wildman–Crippen LogP) is 9.26. The van der Waals surface area contributed by atoms with Gasteiger partial charge in [-0.25, -0.2) is 0 Å². The van der Waals surface area contributed by atoms with Gasteiger partial charge in [-0.05, 0) is 102 Å². The molecule has 0 saturated heterocycles. The lowest BCUT2D eigenvalue weighted by molar-refractivity contribution is -0.438. The Morgan fingerprint density at radius 1 is 0.817 bits per heavy atom. The van der Waals surface area contributed by atoms with Gasteiger partial charge in [-0.2, -0.15) is 21.4 Å². The maximum absolute atomic E-state index is 13.2. The molecule has 60 heavy (non-hydrogen) atoms. The minimum Gasteiger partial charge on any atom is -0.369 e. The van der Waals surface area contributed by atoms with Crippen LogP contribution in [0.5, 0.6) is 0 Å². The van der Waals surface area contributed by atoms with Crippen molar-refractivity contribution >= 4 is 76.4 Å². The number of nitrogens with zero attached hydrogens (tertiary/aromatic N) is 2. The van der Waals surface area contributed by atoms with E-state index < -0.39 is 42.9 Å². The zero-order valence-corrected chi connectivity index (χ0v) is 36.8. The number of carbonyl (C=O) groups is 1. The van der Waals surface area contributed by atoms with Crippen molar-refractivity contribution in [3.8, 4) is 0 Å². The van der Waals surface area contributed by atoms with Gasteiger partial charge in [0, 0.05) is 58.4 Å². The van der Waals surface area contributed by atoms with Crippen molar-refractivity contribution in [2.45, 2.75) is 77.0 Å². The second-order valence-corrected chi connectivity index (χ2v) is 20.7. The number of primary amides is 1. The largest absolute Gasteiger partial charge is 0.369 e. The highest BCUT2D eigenvalue weighted by Crippen LogP contribution is 2.51. The zero-order chi connectivity index (χ0) is 43.9. The summed E-state index contributed by atoms with van der Waals surface area (Å²) in [5, 5.41) is 4.97. The first-order valence-corrected chi connectivity index (χ1v) is 24.0. The molecule has 0 bridgehead atoms. The molecule has 316 valence electrons. The van der Waals surface area contributed by atoms with E-state index in [0.29, 0.717) is 56.6 Å². The fourth-order valence-corrected chi connectivity index (χ4v) is 10.9. The van der Waals surface area contributed by atoms with Crippen LogP contribution >= 0.6 is 11.6 Å². The average molecular weight is 873 g/mol. The number of rotatable bonds is 14. The number of hydrogen-bond acceptors (Lipinski definition) is 6. The fraction of sp³-hybridized carbons (Fsp3) is 0.362. The molecule has 1 unspecified atom stereocenters. The Labute approximate surface area is 359 Å². The van der Waals surface area contributed by atoms with E-state index in [1.165, 1.54) is 0 Å². The van der Waals surface area contributed by atoms with Crippen molar-refractivity contribution in [3.63, 3.8) is 0 Å². The third kappa shape index (κ3) is 8.76. The van der Waals surface area contributed by atoms with Gasteiger partial charge in [0.05, 0.1) is 16.9 Å². The van der Waals surface area contributed by atoms with Crippen molar-refractivity contribution in [1.82, 2.24) is 0 Å². The van der Waals surface area contributed by atoms with Crippen LogP contribution in [0.15, 0.2) is 119 Å². The normalized spacial score (nSPS) is 20.5. The van der Waals surface area contributed by atoms with E-state index in [1.807, 2.05) is 48.6 Å². The number of carbonyl (C=O) groups excluding carboxylic acids is 1. The van der Waals surface area contributed by atoms with Gasteiger partial charge in [-0.15, -0.1) is 0 Å². The number of anilines is 1. The van der Waals surface area contributed by atoms with Crippen LogP contribution in [0, 0.1) is 5.92 Å². The molecule has 2 aliphatic heterocycles. The molecule has 4 aromatic rings. The van der Waals surface area contributed by atoms with Gasteiger partial charge in [-0.3, -0.25) is 13.9 Å². The summed E-state index contributed by atoms with van der Waals surface area (Å²) >= 11 is 7.33. The van der Waals surface area contributed by atoms with Gasteiger partial charge in [0.15, 0.2) is 7.12 Å². The minimum atomic E-state index is -4.10. The van der Waals surface area contributed by atoms with Crippen LogP contribution in [-0.2, 0) is 35.9 Å². The van der Waals surface area contributed by atoms with Crippen molar-refractivity contribution in [2.75, 3.05) is 29.5 Å². The minimum absolute atomic E-state index is 0.292. The van der Waals surface area contributed by atoms with E-state index in [4.69, 9.17) is 13.0 Å². The second kappa shape index (κ2) is 16.7. The number of unbranched alkanes of at least 4 members (excludes halogenated alkanes) is 2. The first-order valence-electron chi connectivity index (χ1n) is 20.9. The van der Waals surface area contributed by atoms with E-state index >= 15 is 0 Å². The highest BCUT2D eigenvalue weighted by Gasteiger charge is 2.46. The van der Waals surface area contributed by atoms with Gasteiger partial charge in [0.25, 0.3) is 20.2 Å². The number of allylic oxidation sites excluding steroid dienone is 8. The van der Waals surface area contributed by atoms with Gasteiger partial charge < -0.3 is 10.6 Å². The molecule has 7 rings (SSSR count). The molecule has 1 aliphatic carbocycles. The van der Waals surface area contributed by atoms with Crippen LogP contribution in [0.2, 0.25) is 1.41 Å². The van der Waals surface area contributed by atoms with Crippen LogP contribution in [0.3, 0.4) is 0 Å². The van der Waals surface area contributed by atoms with Gasteiger partial charge in [0.1, 0.15) is 6.54 Å². The molecule has 13 heteroatoms. The smallest absolute Gasteiger partial charge is 0.264 e. The van der Waals surface area contributed by atoms with Crippen LogP contribution in [0.25, 0.3) is 21.5 Å². The molecule has 1 amide bonds. The Hall–Kier alpha value is -4.59. The van der Waals surface area contributed by atoms with Crippen LogP contribution in [0.4, 0.5) is 11.4 Å². The summed E-state index contributed by atoms with van der Waals surface area (Å²) in [5.41, 5.74) is 8.92. The average Bonchev–Trinajstić information content (AvgIpc) is 3.57. The topological polar surface area (TPSA) is 158 Å². The number of amides is 1. The lowest BCUT2D eigenvalue weighted by Crippen LogP contribution is -2.29.